The van der Waals surface area contributed by atoms with Crippen LogP contribution >= 0.6 is 11.8 Å². The van der Waals surface area contributed by atoms with Crippen molar-refractivity contribution >= 4 is 17.7 Å². The van der Waals surface area contributed by atoms with Gasteiger partial charge in [0, 0.05) is 18.4 Å². The Kier molecular flexibility index (Phi) is 7.42. The summed E-state index contributed by atoms with van der Waals surface area (Å²) in [7, 11) is 1.86. The van der Waals surface area contributed by atoms with Crippen LogP contribution in [0.2, 0.25) is 0 Å². The first-order valence-electron chi connectivity index (χ1n) is 10.9. The molecule has 1 N–H and O–H groups in total. The van der Waals surface area contributed by atoms with Crippen molar-refractivity contribution in [3.8, 4) is 0 Å². The molecule has 7 nitrogen and oxygen atoms in total. The average molecular weight is 480 g/mol. The number of thioether (sulfide) groups is 1. The highest BCUT2D eigenvalue weighted by Gasteiger charge is 2.24. The van der Waals surface area contributed by atoms with Crippen molar-refractivity contribution in [3.05, 3.63) is 94.4 Å². The molecule has 0 saturated carbocycles. The monoisotopic (exact) mass is 479 g/mol. The highest BCUT2D eigenvalue weighted by atomic mass is 32.2. The van der Waals surface area contributed by atoms with Gasteiger partial charge in [0.2, 0.25) is 5.91 Å². The van der Waals surface area contributed by atoms with Gasteiger partial charge in [0.15, 0.2) is 11.0 Å². The maximum absolute atomic E-state index is 14.0. The number of benzene rings is 2. The van der Waals surface area contributed by atoms with E-state index in [1.165, 1.54) is 17.8 Å². The molecule has 9 heteroatoms. The smallest absolute Gasteiger partial charge is 0.225 e. The van der Waals surface area contributed by atoms with E-state index in [1.54, 1.807) is 19.1 Å². The maximum atomic E-state index is 14.0. The van der Waals surface area contributed by atoms with Gasteiger partial charge in [0.1, 0.15) is 11.6 Å². The Bertz CT molecular complexity index is 1250. The van der Waals surface area contributed by atoms with Crippen LogP contribution in [-0.4, -0.2) is 25.8 Å². The van der Waals surface area contributed by atoms with Crippen molar-refractivity contribution in [2.24, 2.45) is 7.05 Å². The summed E-state index contributed by atoms with van der Waals surface area (Å²) in [5.74, 6) is 1.30. The number of aryl methyl sites for hydroxylation is 2. The van der Waals surface area contributed by atoms with E-state index in [1.807, 2.05) is 54.9 Å². The number of hydrogen-bond acceptors (Lipinski definition) is 6. The summed E-state index contributed by atoms with van der Waals surface area (Å²) in [4.78, 5) is 13.0. The van der Waals surface area contributed by atoms with Gasteiger partial charge in [0.25, 0.3) is 0 Å². The number of aromatic nitrogens is 4. The lowest BCUT2D eigenvalue weighted by Gasteiger charge is -2.18. The van der Waals surface area contributed by atoms with E-state index in [-0.39, 0.29) is 18.1 Å². The summed E-state index contributed by atoms with van der Waals surface area (Å²) in [5, 5.41) is 16.4. The molecule has 0 aliphatic rings. The van der Waals surface area contributed by atoms with Crippen molar-refractivity contribution in [2.45, 2.75) is 43.6 Å². The van der Waals surface area contributed by atoms with Gasteiger partial charge in [-0.15, -0.1) is 10.2 Å². The molecule has 1 amide bonds. The van der Waals surface area contributed by atoms with Gasteiger partial charge in [-0.25, -0.2) is 4.39 Å². The van der Waals surface area contributed by atoms with E-state index in [0.717, 1.165) is 11.1 Å². The van der Waals surface area contributed by atoms with E-state index in [4.69, 9.17) is 4.52 Å². The molecule has 0 unspecified atom stereocenters. The first-order valence-corrected chi connectivity index (χ1v) is 11.9. The third kappa shape index (κ3) is 5.53. The van der Waals surface area contributed by atoms with E-state index >= 15 is 0 Å². The molecule has 4 rings (SSSR count). The maximum Gasteiger partial charge on any atom is 0.225 e. The van der Waals surface area contributed by atoms with Crippen LogP contribution in [0.5, 0.6) is 0 Å². The van der Waals surface area contributed by atoms with E-state index in [0.29, 0.717) is 40.2 Å². The fraction of sp³-hybridized carbons (Fsp3) is 0.280. The first kappa shape index (κ1) is 23.7. The van der Waals surface area contributed by atoms with Crippen molar-refractivity contribution < 1.29 is 13.7 Å². The average Bonchev–Trinajstić information content (AvgIpc) is 3.35. The number of rotatable bonds is 9. The minimum absolute atomic E-state index is 0.154. The predicted octanol–water partition coefficient (Wildman–Crippen LogP) is 4.49. The molecular formula is C25H26FN5O2S. The molecule has 0 radical (unpaired) electrons. The molecule has 0 aliphatic heterocycles. The Balaban J connectivity index is 1.54. The third-order valence-corrected chi connectivity index (χ3v) is 6.70. The molecule has 2 heterocycles. The highest BCUT2D eigenvalue weighted by molar-refractivity contribution is 7.98. The van der Waals surface area contributed by atoms with Gasteiger partial charge in [-0.05, 0) is 37.5 Å². The third-order valence-electron chi connectivity index (χ3n) is 5.63. The Morgan fingerprint density at radius 1 is 1.12 bits per heavy atom. The molecule has 0 bridgehead atoms. The van der Waals surface area contributed by atoms with Crippen LogP contribution in [0.25, 0.3) is 0 Å². The molecule has 2 aromatic carbocycles. The van der Waals surface area contributed by atoms with Crippen LogP contribution < -0.4 is 5.32 Å². The quantitative estimate of drug-likeness (QED) is 0.356. The fourth-order valence-electron chi connectivity index (χ4n) is 3.73. The topological polar surface area (TPSA) is 85.8 Å². The second-order valence-electron chi connectivity index (χ2n) is 8.07. The molecule has 34 heavy (non-hydrogen) atoms. The summed E-state index contributed by atoms with van der Waals surface area (Å²) in [5.41, 5.74) is 3.16. The molecule has 0 aliphatic carbocycles. The fourth-order valence-corrected chi connectivity index (χ4v) is 4.63. The molecule has 0 spiro atoms. The van der Waals surface area contributed by atoms with Gasteiger partial charge >= 0.3 is 0 Å². The zero-order valence-corrected chi connectivity index (χ0v) is 20.1. The lowest BCUT2D eigenvalue weighted by molar-refractivity contribution is -0.121. The van der Waals surface area contributed by atoms with Crippen LogP contribution in [-0.2, 0) is 30.4 Å². The zero-order chi connectivity index (χ0) is 24.1. The number of hydrogen-bond donors (Lipinski definition) is 1. The van der Waals surface area contributed by atoms with Gasteiger partial charge in [-0.2, -0.15) is 0 Å². The molecule has 4 aromatic rings. The van der Waals surface area contributed by atoms with Crippen LogP contribution in [0, 0.1) is 19.7 Å². The van der Waals surface area contributed by atoms with Crippen LogP contribution in [0.15, 0.2) is 64.3 Å². The zero-order valence-electron chi connectivity index (χ0n) is 19.3. The lowest BCUT2D eigenvalue weighted by Crippen LogP contribution is -2.33. The Hall–Kier alpha value is -3.46. The van der Waals surface area contributed by atoms with Crippen LogP contribution in [0.3, 0.4) is 0 Å². The largest absolute Gasteiger partial charge is 0.361 e. The molecule has 1 atom stereocenters. The minimum atomic E-state index is -0.393. The van der Waals surface area contributed by atoms with Crippen molar-refractivity contribution in [3.63, 3.8) is 0 Å². The van der Waals surface area contributed by atoms with Crippen molar-refractivity contribution in [1.29, 1.82) is 0 Å². The van der Waals surface area contributed by atoms with E-state index < -0.39 is 6.04 Å². The second-order valence-corrected chi connectivity index (χ2v) is 9.01. The van der Waals surface area contributed by atoms with Gasteiger partial charge in [-0.3, -0.25) is 4.79 Å². The summed E-state index contributed by atoms with van der Waals surface area (Å²) in [6.07, 6.45) is 0.720. The van der Waals surface area contributed by atoms with Crippen molar-refractivity contribution in [1.82, 2.24) is 25.2 Å². The summed E-state index contributed by atoms with van der Waals surface area (Å²) in [6.45, 7) is 3.62. The van der Waals surface area contributed by atoms with E-state index in [9.17, 15) is 9.18 Å². The number of amides is 1. The van der Waals surface area contributed by atoms with Gasteiger partial charge < -0.3 is 14.4 Å². The number of carbonyl (C=O) groups is 1. The highest BCUT2D eigenvalue weighted by Crippen LogP contribution is 2.26. The Labute approximate surface area is 201 Å². The van der Waals surface area contributed by atoms with Gasteiger partial charge in [-0.1, -0.05) is 65.4 Å². The predicted molar refractivity (Wildman–Crippen MR) is 128 cm³/mol. The molecule has 176 valence electrons. The summed E-state index contributed by atoms with van der Waals surface area (Å²) >= 11 is 1.40. The molecular weight excluding hydrogens is 453 g/mol. The normalized spacial score (nSPS) is 12.0. The minimum Gasteiger partial charge on any atom is -0.361 e. The lowest BCUT2D eigenvalue weighted by atomic mass is 10.0. The molecule has 0 saturated heterocycles. The van der Waals surface area contributed by atoms with Crippen molar-refractivity contribution in [2.75, 3.05) is 0 Å². The summed E-state index contributed by atoms with van der Waals surface area (Å²) < 4.78 is 21.1. The van der Waals surface area contributed by atoms with Crippen LogP contribution in [0.1, 0.15) is 40.0 Å². The van der Waals surface area contributed by atoms with Crippen LogP contribution in [0.4, 0.5) is 4.39 Å². The van der Waals surface area contributed by atoms with Gasteiger partial charge in [0.05, 0.1) is 18.2 Å². The number of nitrogens with one attached hydrogen (secondary N) is 1. The summed E-state index contributed by atoms with van der Waals surface area (Å²) in [6, 6.07) is 16.2. The number of carbonyl (C=O) groups excluding carboxylic acids is 1. The number of nitrogens with zero attached hydrogens (tertiary/aromatic N) is 4. The second kappa shape index (κ2) is 10.6. The number of halogens is 1. The first-order chi connectivity index (χ1) is 16.4. The molecule has 0 fully saturated rings. The Morgan fingerprint density at radius 3 is 2.56 bits per heavy atom. The van der Waals surface area contributed by atoms with E-state index in [2.05, 4.69) is 20.7 Å². The SMILES string of the molecule is Cc1noc(C)c1CC(=O)N[C@H](Cc1ccccc1)c1nnc(SCc2ccccc2F)n1C. The Morgan fingerprint density at radius 2 is 1.85 bits per heavy atom. The standard InChI is InChI=1S/C25H26FN5O2S/c1-16-20(17(2)33-30-16)14-23(32)27-22(13-18-9-5-4-6-10-18)24-28-29-25(31(24)3)34-15-19-11-7-8-12-21(19)26/h4-12,22H,13-15H2,1-3H3,(H,27,32)/t22-/m1/s1. The molecule has 2 aromatic heterocycles.